The topological polar surface area (TPSA) is 80.9 Å². The van der Waals surface area contributed by atoms with Crippen LogP contribution in [-0.2, 0) is 5.75 Å². The van der Waals surface area contributed by atoms with Gasteiger partial charge in [0.05, 0.1) is 21.9 Å². The first kappa shape index (κ1) is 17.0. The highest BCUT2D eigenvalue weighted by Gasteiger charge is 2.25. The highest BCUT2D eigenvalue weighted by atomic mass is 32.2. The number of pyridine rings is 1. The van der Waals surface area contributed by atoms with Gasteiger partial charge in [0.2, 0.25) is 5.89 Å². The number of para-hydroxylation sites is 1. The SMILES string of the molecule is CC(C)c1nc(CSc2cc(C(=O)NC3CC3)c3ccccc3n2)no1. The molecule has 0 radical (unpaired) electrons. The number of thioether (sulfide) groups is 1. The predicted molar refractivity (Wildman–Crippen MR) is 100 cm³/mol. The second kappa shape index (κ2) is 7.07. The maximum atomic E-state index is 12.6. The molecule has 1 amide bonds. The van der Waals surface area contributed by atoms with E-state index >= 15 is 0 Å². The van der Waals surface area contributed by atoms with Crippen molar-refractivity contribution in [2.24, 2.45) is 0 Å². The number of aromatic nitrogens is 3. The number of rotatable bonds is 6. The Labute approximate surface area is 155 Å². The summed E-state index contributed by atoms with van der Waals surface area (Å²) < 4.78 is 5.24. The first-order valence-corrected chi connectivity index (χ1v) is 9.74. The first-order valence-electron chi connectivity index (χ1n) is 8.76. The Kier molecular flexibility index (Phi) is 4.63. The fourth-order valence-corrected chi connectivity index (χ4v) is 3.36. The van der Waals surface area contributed by atoms with Crippen LogP contribution in [0.1, 0.15) is 54.7 Å². The minimum Gasteiger partial charge on any atom is -0.349 e. The van der Waals surface area contributed by atoms with E-state index < -0.39 is 0 Å². The molecule has 7 heteroatoms. The second-order valence-electron chi connectivity index (χ2n) is 6.77. The van der Waals surface area contributed by atoms with Crippen molar-refractivity contribution in [1.29, 1.82) is 0 Å². The molecule has 134 valence electrons. The number of carbonyl (C=O) groups is 1. The van der Waals surface area contributed by atoms with Gasteiger partial charge in [-0.25, -0.2) is 4.98 Å². The van der Waals surface area contributed by atoms with Gasteiger partial charge in [-0.05, 0) is 25.0 Å². The van der Waals surface area contributed by atoms with Crippen LogP contribution in [0.3, 0.4) is 0 Å². The fourth-order valence-electron chi connectivity index (χ4n) is 2.60. The number of carbonyl (C=O) groups excluding carboxylic acids is 1. The van der Waals surface area contributed by atoms with Gasteiger partial charge in [0.1, 0.15) is 0 Å². The predicted octanol–water partition coefficient (Wildman–Crippen LogP) is 3.93. The quantitative estimate of drug-likeness (QED) is 0.664. The van der Waals surface area contributed by atoms with E-state index in [1.54, 1.807) is 0 Å². The monoisotopic (exact) mass is 368 g/mol. The Morgan fingerprint density at radius 2 is 2.12 bits per heavy atom. The molecule has 3 aromatic rings. The van der Waals surface area contributed by atoms with Gasteiger partial charge < -0.3 is 9.84 Å². The van der Waals surface area contributed by atoms with Crippen molar-refractivity contribution in [3.63, 3.8) is 0 Å². The highest BCUT2D eigenvalue weighted by molar-refractivity contribution is 7.98. The lowest BCUT2D eigenvalue weighted by molar-refractivity contribution is 0.0952. The minimum atomic E-state index is -0.0328. The van der Waals surface area contributed by atoms with E-state index in [0.717, 1.165) is 28.8 Å². The van der Waals surface area contributed by atoms with Gasteiger partial charge in [-0.3, -0.25) is 4.79 Å². The molecule has 0 spiro atoms. The van der Waals surface area contributed by atoms with Gasteiger partial charge >= 0.3 is 0 Å². The Balaban J connectivity index is 1.58. The molecule has 1 fully saturated rings. The normalized spacial score (nSPS) is 14.1. The second-order valence-corrected chi connectivity index (χ2v) is 7.76. The molecule has 1 aliphatic rings. The zero-order valence-electron chi connectivity index (χ0n) is 14.7. The Morgan fingerprint density at radius 3 is 2.85 bits per heavy atom. The van der Waals surface area contributed by atoms with Gasteiger partial charge in [0.25, 0.3) is 5.91 Å². The molecule has 0 atom stereocenters. The molecule has 2 aromatic heterocycles. The summed E-state index contributed by atoms with van der Waals surface area (Å²) in [6.45, 7) is 4.03. The van der Waals surface area contributed by atoms with E-state index in [0.29, 0.717) is 29.1 Å². The van der Waals surface area contributed by atoms with E-state index in [1.807, 2.05) is 44.2 Å². The average molecular weight is 368 g/mol. The molecular formula is C19H20N4O2S. The van der Waals surface area contributed by atoms with Gasteiger partial charge in [-0.2, -0.15) is 4.98 Å². The van der Waals surface area contributed by atoms with Gasteiger partial charge in [0, 0.05) is 17.3 Å². The number of fused-ring (bicyclic) bond motifs is 1. The van der Waals surface area contributed by atoms with Gasteiger partial charge in [-0.1, -0.05) is 49.0 Å². The first-order chi connectivity index (χ1) is 12.6. The van der Waals surface area contributed by atoms with Crippen LogP contribution in [0, 0.1) is 0 Å². The third-order valence-corrected chi connectivity index (χ3v) is 5.08. The summed E-state index contributed by atoms with van der Waals surface area (Å²) in [6.07, 6.45) is 2.12. The summed E-state index contributed by atoms with van der Waals surface area (Å²) in [5.41, 5.74) is 1.48. The zero-order chi connectivity index (χ0) is 18.1. The summed E-state index contributed by atoms with van der Waals surface area (Å²) in [5, 5.41) is 8.72. The molecular weight excluding hydrogens is 348 g/mol. The summed E-state index contributed by atoms with van der Waals surface area (Å²) in [5.74, 6) is 1.99. The van der Waals surface area contributed by atoms with E-state index in [9.17, 15) is 4.79 Å². The third kappa shape index (κ3) is 3.72. The standard InChI is InChI=1S/C19H20N4O2S/c1-11(2)19-22-16(23-25-19)10-26-17-9-14(18(24)20-12-7-8-12)13-5-3-4-6-15(13)21-17/h3-6,9,11-12H,7-8,10H2,1-2H3,(H,20,24). The van der Waals surface area contributed by atoms with E-state index in [-0.39, 0.29) is 11.8 Å². The molecule has 6 nitrogen and oxygen atoms in total. The minimum absolute atomic E-state index is 0.0328. The molecule has 2 heterocycles. The van der Waals surface area contributed by atoms with Gasteiger partial charge in [0.15, 0.2) is 5.82 Å². The lowest BCUT2D eigenvalue weighted by Crippen LogP contribution is -2.25. The highest BCUT2D eigenvalue weighted by Crippen LogP contribution is 2.27. The van der Waals surface area contributed by atoms with Gasteiger partial charge in [-0.15, -0.1) is 0 Å². The van der Waals surface area contributed by atoms with Crippen LogP contribution in [0.15, 0.2) is 39.9 Å². The van der Waals surface area contributed by atoms with Crippen molar-refractivity contribution in [3.05, 3.63) is 47.6 Å². The number of nitrogens with zero attached hydrogens (tertiary/aromatic N) is 3. The molecule has 0 saturated heterocycles. The van der Waals surface area contributed by atoms with Crippen molar-refractivity contribution in [2.45, 2.75) is 49.4 Å². The van der Waals surface area contributed by atoms with Crippen LogP contribution in [0.2, 0.25) is 0 Å². The smallest absolute Gasteiger partial charge is 0.252 e. The number of nitrogens with one attached hydrogen (secondary N) is 1. The van der Waals surface area contributed by atoms with Crippen LogP contribution in [0.25, 0.3) is 10.9 Å². The molecule has 1 aliphatic carbocycles. The number of benzene rings is 1. The Bertz CT molecular complexity index is 950. The summed E-state index contributed by atoms with van der Waals surface area (Å²) in [6, 6.07) is 9.90. The molecule has 1 aromatic carbocycles. The summed E-state index contributed by atoms with van der Waals surface area (Å²) in [7, 11) is 0. The molecule has 1 saturated carbocycles. The van der Waals surface area contributed by atoms with Crippen molar-refractivity contribution in [2.75, 3.05) is 0 Å². The third-order valence-electron chi connectivity index (χ3n) is 4.18. The molecule has 4 rings (SSSR count). The van der Waals surface area contributed by atoms with Crippen LogP contribution in [0.4, 0.5) is 0 Å². The van der Waals surface area contributed by atoms with Crippen molar-refractivity contribution in [3.8, 4) is 0 Å². The van der Waals surface area contributed by atoms with Crippen molar-refractivity contribution in [1.82, 2.24) is 20.4 Å². The fraction of sp³-hybridized carbons (Fsp3) is 0.368. The van der Waals surface area contributed by atoms with Crippen LogP contribution in [-0.4, -0.2) is 27.1 Å². The van der Waals surface area contributed by atoms with Crippen molar-refractivity contribution >= 4 is 28.6 Å². The zero-order valence-corrected chi connectivity index (χ0v) is 15.5. The molecule has 0 aliphatic heterocycles. The lowest BCUT2D eigenvalue weighted by atomic mass is 10.1. The Hall–Kier alpha value is -2.41. The van der Waals surface area contributed by atoms with Crippen LogP contribution < -0.4 is 5.32 Å². The maximum absolute atomic E-state index is 12.6. The number of hydrogen-bond acceptors (Lipinski definition) is 6. The Morgan fingerprint density at radius 1 is 1.31 bits per heavy atom. The lowest BCUT2D eigenvalue weighted by Gasteiger charge is -2.09. The van der Waals surface area contributed by atoms with E-state index in [2.05, 4.69) is 20.4 Å². The van der Waals surface area contributed by atoms with E-state index in [4.69, 9.17) is 4.52 Å². The summed E-state index contributed by atoms with van der Waals surface area (Å²) >= 11 is 1.50. The molecule has 0 unspecified atom stereocenters. The van der Waals surface area contributed by atoms with Crippen molar-refractivity contribution < 1.29 is 9.32 Å². The number of amides is 1. The van der Waals surface area contributed by atoms with E-state index in [1.165, 1.54) is 11.8 Å². The van der Waals surface area contributed by atoms with Crippen LogP contribution in [0.5, 0.6) is 0 Å². The molecule has 1 N–H and O–H groups in total. The molecule has 26 heavy (non-hydrogen) atoms. The largest absolute Gasteiger partial charge is 0.349 e. The summed E-state index contributed by atoms with van der Waals surface area (Å²) in [4.78, 5) is 21.7. The molecule has 0 bridgehead atoms. The number of hydrogen-bond donors (Lipinski definition) is 1. The average Bonchev–Trinajstić information content (AvgIpc) is 3.32. The maximum Gasteiger partial charge on any atom is 0.252 e. The van der Waals surface area contributed by atoms with Crippen LogP contribution >= 0.6 is 11.8 Å².